The smallest absolute Gasteiger partial charge is 0.348 e. The van der Waals surface area contributed by atoms with Gasteiger partial charge in [0.05, 0.1) is 17.1 Å². The molecule has 1 unspecified atom stereocenters. The van der Waals surface area contributed by atoms with Gasteiger partial charge in [-0.1, -0.05) is 25.0 Å². The summed E-state index contributed by atoms with van der Waals surface area (Å²) in [5.74, 6) is -0.287. The molecule has 1 atom stereocenters. The van der Waals surface area contributed by atoms with Crippen molar-refractivity contribution in [2.45, 2.75) is 50.4 Å². The number of carbonyl (C=O) groups is 1. The van der Waals surface area contributed by atoms with Gasteiger partial charge in [0.25, 0.3) is 0 Å². The van der Waals surface area contributed by atoms with Crippen molar-refractivity contribution in [3.05, 3.63) is 35.4 Å². The second-order valence-corrected chi connectivity index (χ2v) is 5.68. The van der Waals surface area contributed by atoms with E-state index >= 15 is 0 Å². The molecule has 0 spiro atoms. The molecule has 1 aromatic carbocycles. The summed E-state index contributed by atoms with van der Waals surface area (Å²) in [7, 11) is 0. The molecule has 0 bridgehead atoms. The van der Waals surface area contributed by atoms with Gasteiger partial charge in [-0.05, 0) is 37.5 Å². The topological polar surface area (TPSA) is 55.1 Å². The zero-order valence-electron chi connectivity index (χ0n) is 11.8. The van der Waals surface area contributed by atoms with Crippen LogP contribution in [0.15, 0.2) is 24.3 Å². The van der Waals surface area contributed by atoms with E-state index in [1.807, 2.05) is 0 Å². The average molecular weight is 300 g/mol. The number of amides is 1. The van der Waals surface area contributed by atoms with Crippen LogP contribution >= 0.6 is 0 Å². The molecule has 0 aromatic heterocycles. The van der Waals surface area contributed by atoms with Gasteiger partial charge in [-0.15, -0.1) is 0 Å². The molecule has 0 saturated heterocycles. The standard InChI is InChI=1S/C15H19F3N2O/c1-10(20-13(21)14(19)7-2-3-8-14)11-5-4-6-12(9-11)15(16,17)18/h4-6,9-10H,2-3,7-8,19H2,1H3,(H,20,21). The molecule has 0 aliphatic heterocycles. The monoisotopic (exact) mass is 300 g/mol. The van der Waals surface area contributed by atoms with E-state index in [0.29, 0.717) is 18.4 Å². The third-order valence-corrected chi connectivity index (χ3v) is 4.01. The normalized spacial score (nSPS) is 19.3. The van der Waals surface area contributed by atoms with Gasteiger partial charge in [-0.25, -0.2) is 0 Å². The minimum atomic E-state index is -4.39. The van der Waals surface area contributed by atoms with Gasteiger partial charge in [0.15, 0.2) is 0 Å². The number of nitrogens with two attached hydrogens (primary N) is 1. The lowest BCUT2D eigenvalue weighted by Gasteiger charge is -2.25. The first kappa shape index (κ1) is 15.8. The van der Waals surface area contributed by atoms with Gasteiger partial charge in [0.1, 0.15) is 0 Å². The van der Waals surface area contributed by atoms with E-state index in [-0.39, 0.29) is 5.91 Å². The van der Waals surface area contributed by atoms with Gasteiger partial charge >= 0.3 is 6.18 Å². The highest BCUT2D eigenvalue weighted by Gasteiger charge is 2.37. The van der Waals surface area contributed by atoms with E-state index < -0.39 is 23.3 Å². The molecule has 1 aliphatic rings. The summed E-state index contributed by atoms with van der Waals surface area (Å²) in [4.78, 5) is 12.2. The molecule has 1 fully saturated rings. The summed E-state index contributed by atoms with van der Waals surface area (Å²) in [5.41, 5.74) is 4.86. The Morgan fingerprint density at radius 3 is 2.52 bits per heavy atom. The molecule has 116 valence electrons. The van der Waals surface area contributed by atoms with Crippen LogP contribution in [0.25, 0.3) is 0 Å². The number of benzene rings is 1. The van der Waals surface area contributed by atoms with E-state index in [1.165, 1.54) is 6.07 Å². The molecule has 1 saturated carbocycles. The number of alkyl halides is 3. The van der Waals surface area contributed by atoms with Gasteiger partial charge in [-0.2, -0.15) is 13.2 Å². The van der Waals surface area contributed by atoms with Crippen molar-refractivity contribution in [3.63, 3.8) is 0 Å². The molecule has 1 amide bonds. The Hall–Kier alpha value is -1.56. The lowest BCUT2D eigenvalue weighted by molar-refractivity contribution is -0.137. The highest BCUT2D eigenvalue weighted by molar-refractivity contribution is 5.86. The minimum absolute atomic E-state index is 0.287. The third kappa shape index (κ3) is 3.56. The lowest BCUT2D eigenvalue weighted by Crippen LogP contribution is -2.52. The summed E-state index contributed by atoms with van der Waals surface area (Å²) in [6.07, 6.45) is -1.34. The Labute approximate surface area is 121 Å². The zero-order chi connectivity index (χ0) is 15.7. The Morgan fingerprint density at radius 2 is 1.95 bits per heavy atom. The lowest BCUT2D eigenvalue weighted by atomic mass is 9.96. The molecular weight excluding hydrogens is 281 g/mol. The predicted molar refractivity (Wildman–Crippen MR) is 73.4 cm³/mol. The number of rotatable bonds is 3. The Balaban J connectivity index is 2.10. The van der Waals surface area contributed by atoms with Crippen LogP contribution in [0.5, 0.6) is 0 Å². The summed E-state index contributed by atoms with van der Waals surface area (Å²) in [6, 6.07) is 4.47. The number of hydrogen-bond acceptors (Lipinski definition) is 2. The van der Waals surface area contributed by atoms with E-state index in [9.17, 15) is 18.0 Å². The molecule has 1 aromatic rings. The van der Waals surface area contributed by atoms with Crippen LogP contribution < -0.4 is 11.1 Å². The minimum Gasteiger partial charge on any atom is -0.348 e. The van der Waals surface area contributed by atoms with Crippen molar-refractivity contribution in [3.8, 4) is 0 Å². The van der Waals surface area contributed by atoms with Crippen molar-refractivity contribution >= 4 is 5.91 Å². The maximum atomic E-state index is 12.7. The fourth-order valence-corrected chi connectivity index (χ4v) is 2.64. The first-order chi connectivity index (χ1) is 9.72. The van der Waals surface area contributed by atoms with Gasteiger partial charge < -0.3 is 11.1 Å². The maximum Gasteiger partial charge on any atom is 0.416 e. The molecule has 3 N–H and O–H groups in total. The second-order valence-electron chi connectivity index (χ2n) is 5.68. The van der Waals surface area contributed by atoms with E-state index in [2.05, 4.69) is 5.32 Å². The van der Waals surface area contributed by atoms with Crippen LogP contribution in [-0.4, -0.2) is 11.4 Å². The molecule has 2 rings (SSSR count). The summed E-state index contributed by atoms with van der Waals surface area (Å²) in [5, 5.41) is 2.73. The van der Waals surface area contributed by atoms with E-state index in [1.54, 1.807) is 13.0 Å². The second kappa shape index (κ2) is 5.67. The number of halogens is 3. The number of hydrogen-bond donors (Lipinski definition) is 2. The number of carbonyl (C=O) groups excluding carboxylic acids is 1. The molecule has 6 heteroatoms. The van der Waals surface area contributed by atoms with Crippen LogP contribution in [0.1, 0.15) is 49.8 Å². The number of nitrogens with one attached hydrogen (secondary N) is 1. The van der Waals surface area contributed by atoms with E-state index in [0.717, 1.165) is 25.0 Å². The molecule has 1 aliphatic carbocycles. The van der Waals surface area contributed by atoms with Crippen molar-refractivity contribution in [1.82, 2.24) is 5.32 Å². The Bertz CT molecular complexity index is 522. The quantitative estimate of drug-likeness (QED) is 0.901. The van der Waals surface area contributed by atoms with Crippen molar-refractivity contribution < 1.29 is 18.0 Å². The highest BCUT2D eigenvalue weighted by Crippen LogP contribution is 2.31. The largest absolute Gasteiger partial charge is 0.416 e. The molecule has 0 heterocycles. The fourth-order valence-electron chi connectivity index (χ4n) is 2.64. The van der Waals surface area contributed by atoms with Crippen molar-refractivity contribution in [2.75, 3.05) is 0 Å². The summed E-state index contributed by atoms with van der Waals surface area (Å²) < 4.78 is 38.1. The third-order valence-electron chi connectivity index (χ3n) is 4.01. The SMILES string of the molecule is CC(NC(=O)C1(N)CCCC1)c1cccc(C(F)(F)F)c1. The summed E-state index contributed by atoms with van der Waals surface area (Å²) >= 11 is 0. The van der Waals surface area contributed by atoms with Crippen LogP contribution in [0.2, 0.25) is 0 Å². The van der Waals surface area contributed by atoms with Crippen molar-refractivity contribution in [1.29, 1.82) is 0 Å². The van der Waals surface area contributed by atoms with Gasteiger partial charge in [0, 0.05) is 0 Å². The fraction of sp³-hybridized carbons (Fsp3) is 0.533. The molecular formula is C15H19F3N2O. The van der Waals surface area contributed by atoms with Crippen LogP contribution in [0.3, 0.4) is 0 Å². The van der Waals surface area contributed by atoms with Crippen LogP contribution in [0, 0.1) is 0 Å². The molecule has 3 nitrogen and oxygen atoms in total. The highest BCUT2D eigenvalue weighted by atomic mass is 19.4. The maximum absolute atomic E-state index is 12.7. The summed E-state index contributed by atoms with van der Waals surface area (Å²) in [6.45, 7) is 1.66. The first-order valence-corrected chi connectivity index (χ1v) is 6.99. The molecule has 0 radical (unpaired) electrons. The zero-order valence-corrected chi connectivity index (χ0v) is 11.8. The van der Waals surface area contributed by atoms with E-state index in [4.69, 9.17) is 5.73 Å². The van der Waals surface area contributed by atoms with Crippen LogP contribution in [-0.2, 0) is 11.0 Å². The Morgan fingerprint density at radius 1 is 1.33 bits per heavy atom. The first-order valence-electron chi connectivity index (χ1n) is 6.99. The van der Waals surface area contributed by atoms with Gasteiger partial charge in [-0.3, -0.25) is 4.79 Å². The van der Waals surface area contributed by atoms with Crippen molar-refractivity contribution in [2.24, 2.45) is 5.73 Å². The van der Waals surface area contributed by atoms with Gasteiger partial charge in [0.2, 0.25) is 5.91 Å². The van der Waals surface area contributed by atoms with Crippen LogP contribution in [0.4, 0.5) is 13.2 Å². The predicted octanol–water partition coefficient (Wildman–Crippen LogP) is 3.15. The Kier molecular flexibility index (Phi) is 4.27. The average Bonchev–Trinajstić information content (AvgIpc) is 2.86. The molecule has 21 heavy (non-hydrogen) atoms.